The molecule has 2 N–H and O–H groups in total. The van der Waals surface area contributed by atoms with Crippen molar-refractivity contribution in [1.82, 2.24) is 9.88 Å². The van der Waals surface area contributed by atoms with Gasteiger partial charge in [0, 0.05) is 29.7 Å². The molecule has 1 aromatic heterocycles. The molecule has 5 rings (SSSR count). The number of carboxylic acid groups (broad SMARTS) is 1. The van der Waals surface area contributed by atoms with Crippen molar-refractivity contribution in [3.63, 3.8) is 0 Å². The Kier molecular flexibility index (Phi) is 10.2. The fourth-order valence-electron chi connectivity index (χ4n) is 7.13. The molecule has 1 aliphatic heterocycles. The van der Waals surface area contributed by atoms with Gasteiger partial charge in [-0.2, -0.15) is 8.42 Å². The monoisotopic (exact) mass is 587 g/mol. The van der Waals surface area contributed by atoms with Crippen molar-refractivity contribution in [2.75, 3.05) is 4.72 Å². The molecule has 40 heavy (non-hydrogen) atoms. The van der Waals surface area contributed by atoms with Gasteiger partial charge in [0.15, 0.2) is 0 Å². The average molecular weight is 588 g/mol. The molecule has 1 aromatic carbocycles. The Hall–Kier alpha value is -1.97. The van der Waals surface area contributed by atoms with Gasteiger partial charge in [0.25, 0.3) is 10.0 Å². The van der Waals surface area contributed by atoms with E-state index in [2.05, 4.69) is 14.6 Å². The highest BCUT2D eigenvalue weighted by atomic mass is 32.2. The molecule has 9 heteroatoms. The smallest absolute Gasteiger partial charge is 0.335 e. The first-order valence-corrected chi connectivity index (χ1v) is 17.8. The number of aromatic carboxylic acids is 1. The molecule has 2 fully saturated rings. The Morgan fingerprint density at radius 2 is 1.35 bits per heavy atom. The average Bonchev–Trinajstić information content (AvgIpc) is 3.55. The quantitative estimate of drug-likeness (QED) is 0.357. The first kappa shape index (κ1) is 29.5. The minimum atomic E-state index is -3.82. The lowest BCUT2D eigenvalue weighted by Gasteiger charge is -2.29. The number of thiazole rings is 1. The van der Waals surface area contributed by atoms with Gasteiger partial charge in [-0.05, 0) is 48.9 Å². The summed E-state index contributed by atoms with van der Waals surface area (Å²) < 4.78 is 28.6. The van der Waals surface area contributed by atoms with E-state index in [0.717, 1.165) is 35.5 Å². The van der Waals surface area contributed by atoms with Crippen LogP contribution in [0.4, 0.5) is 5.69 Å². The number of rotatable bonds is 6. The summed E-state index contributed by atoms with van der Waals surface area (Å²) >= 11 is 1.27. The van der Waals surface area contributed by atoms with Crippen LogP contribution in [-0.4, -0.2) is 35.4 Å². The second-order valence-electron chi connectivity index (χ2n) is 12.2. The third kappa shape index (κ3) is 7.65. The van der Waals surface area contributed by atoms with Crippen LogP contribution < -0.4 is 4.72 Å². The Morgan fingerprint density at radius 1 is 0.800 bits per heavy atom. The van der Waals surface area contributed by atoms with E-state index in [1.165, 1.54) is 138 Å². The summed E-state index contributed by atoms with van der Waals surface area (Å²) in [5.41, 5.74) is 1.34. The maximum atomic E-state index is 13.0. The standard InChI is InChI=1S/C31H45N3O4S2/c35-30(36)25-17-19-26(20-18-25)33-40(37,38)31-32-28-21-34(22-29(28)39-31)27-15-9-8-13-24(14-10-16-27)23-11-6-4-2-1-3-5-7-12-23/h17-20,23-24,27,33H,1-16,21-22H2,(H,35,36). The number of hydrogen-bond donors (Lipinski definition) is 2. The molecule has 0 saturated heterocycles. The Bertz CT molecular complexity index is 1190. The molecule has 2 unspecified atom stereocenters. The molecule has 2 heterocycles. The van der Waals surface area contributed by atoms with Gasteiger partial charge in [0.05, 0.1) is 11.3 Å². The fraction of sp³-hybridized carbons (Fsp3) is 0.677. The molecule has 2 atom stereocenters. The SMILES string of the molecule is O=C(O)c1ccc(NS(=O)(=O)c2nc3c(s2)CN(C2CCCCC(C4CCCCCCCCC4)CCC2)C3)cc1. The number of fused-ring (bicyclic) bond motifs is 1. The number of aromatic nitrogens is 1. The van der Waals surface area contributed by atoms with Crippen LogP contribution in [0.5, 0.6) is 0 Å². The van der Waals surface area contributed by atoms with Gasteiger partial charge in [-0.3, -0.25) is 9.62 Å². The summed E-state index contributed by atoms with van der Waals surface area (Å²) in [7, 11) is -3.82. The van der Waals surface area contributed by atoms with Crippen molar-refractivity contribution in [2.24, 2.45) is 11.8 Å². The van der Waals surface area contributed by atoms with E-state index >= 15 is 0 Å². The van der Waals surface area contributed by atoms with Crippen LogP contribution in [0.25, 0.3) is 0 Å². The predicted octanol–water partition coefficient (Wildman–Crippen LogP) is 7.83. The van der Waals surface area contributed by atoms with Crippen molar-refractivity contribution in [1.29, 1.82) is 0 Å². The van der Waals surface area contributed by atoms with Gasteiger partial charge >= 0.3 is 5.97 Å². The van der Waals surface area contributed by atoms with Crippen LogP contribution >= 0.6 is 11.3 Å². The zero-order chi connectivity index (χ0) is 28.0. The van der Waals surface area contributed by atoms with Gasteiger partial charge in [-0.15, -0.1) is 11.3 Å². The molecule has 7 nitrogen and oxygen atoms in total. The van der Waals surface area contributed by atoms with Crippen molar-refractivity contribution < 1.29 is 18.3 Å². The summed E-state index contributed by atoms with van der Waals surface area (Å²) in [4.78, 5) is 19.2. The maximum absolute atomic E-state index is 13.0. The van der Waals surface area contributed by atoms with Gasteiger partial charge in [0.2, 0.25) is 4.34 Å². The third-order valence-electron chi connectivity index (χ3n) is 9.38. The van der Waals surface area contributed by atoms with Crippen LogP contribution in [-0.2, 0) is 23.1 Å². The maximum Gasteiger partial charge on any atom is 0.335 e. The fourth-order valence-corrected chi connectivity index (χ4v) is 9.59. The number of nitrogens with one attached hydrogen (secondary N) is 1. The number of carboxylic acids is 1. The van der Waals surface area contributed by atoms with E-state index in [-0.39, 0.29) is 9.90 Å². The molecule has 2 saturated carbocycles. The molecule has 0 radical (unpaired) electrons. The van der Waals surface area contributed by atoms with E-state index in [4.69, 9.17) is 5.11 Å². The van der Waals surface area contributed by atoms with Crippen molar-refractivity contribution in [3.8, 4) is 0 Å². The number of hydrogen-bond acceptors (Lipinski definition) is 6. The zero-order valence-electron chi connectivity index (χ0n) is 23.7. The number of anilines is 1. The van der Waals surface area contributed by atoms with Gasteiger partial charge in [-0.25, -0.2) is 9.78 Å². The molecule has 2 aliphatic carbocycles. The van der Waals surface area contributed by atoms with Gasteiger partial charge < -0.3 is 5.11 Å². The summed E-state index contributed by atoms with van der Waals surface area (Å²) in [5.74, 6) is 0.790. The Balaban J connectivity index is 1.15. The molecule has 3 aliphatic rings. The minimum Gasteiger partial charge on any atom is -0.478 e. The summed E-state index contributed by atoms with van der Waals surface area (Å²) in [6.45, 7) is 1.51. The molecule has 0 amide bonds. The van der Waals surface area contributed by atoms with E-state index < -0.39 is 16.0 Å². The van der Waals surface area contributed by atoms with E-state index in [0.29, 0.717) is 11.7 Å². The number of nitrogens with zero attached hydrogens (tertiary/aromatic N) is 2. The second kappa shape index (κ2) is 13.8. The summed E-state index contributed by atoms with van der Waals surface area (Å²) in [6, 6.07) is 6.26. The lowest BCUT2D eigenvalue weighted by molar-refractivity contribution is 0.0697. The van der Waals surface area contributed by atoms with Crippen LogP contribution in [0.15, 0.2) is 28.6 Å². The van der Waals surface area contributed by atoms with Gasteiger partial charge in [0.1, 0.15) is 0 Å². The van der Waals surface area contributed by atoms with Crippen LogP contribution in [0.2, 0.25) is 0 Å². The summed E-state index contributed by atoms with van der Waals surface area (Å²) in [6.07, 6.45) is 22.1. The minimum absolute atomic E-state index is 0.0856. The molecule has 220 valence electrons. The van der Waals surface area contributed by atoms with Crippen molar-refractivity contribution in [3.05, 3.63) is 40.4 Å². The van der Waals surface area contributed by atoms with Crippen LogP contribution in [0, 0.1) is 11.8 Å². The molecule has 2 aromatic rings. The van der Waals surface area contributed by atoms with Crippen LogP contribution in [0.1, 0.15) is 124 Å². The number of carbonyl (C=O) groups is 1. The number of benzene rings is 1. The molecule has 0 bridgehead atoms. The van der Waals surface area contributed by atoms with Crippen molar-refractivity contribution >= 4 is 33.0 Å². The molecular formula is C31H45N3O4S2. The first-order valence-electron chi connectivity index (χ1n) is 15.5. The Labute approximate surface area is 243 Å². The Morgan fingerprint density at radius 3 is 1.98 bits per heavy atom. The topological polar surface area (TPSA) is 99.6 Å². The zero-order valence-corrected chi connectivity index (χ0v) is 25.3. The molecular weight excluding hydrogens is 542 g/mol. The highest BCUT2D eigenvalue weighted by molar-refractivity contribution is 7.94. The summed E-state index contributed by atoms with van der Waals surface area (Å²) in [5, 5.41) is 9.06. The normalized spacial score (nSPS) is 24.4. The van der Waals surface area contributed by atoms with Crippen molar-refractivity contribution in [2.45, 2.75) is 126 Å². The second-order valence-corrected chi connectivity index (χ2v) is 15.1. The first-order chi connectivity index (χ1) is 19.4. The highest BCUT2D eigenvalue weighted by Crippen LogP contribution is 2.38. The highest BCUT2D eigenvalue weighted by Gasteiger charge is 2.32. The lowest BCUT2D eigenvalue weighted by Crippen LogP contribution is -2.31. The molecule has 0 spiro atoms. The predicted molar refractivity (Wildman–Crippen MR) is 160 cm³/mol. The van der Waals surface area contributed by atoms with E-state index in [1.807, 2.05) is 0 Å². The van der Waals surface area contributed by atoms with Gasteiger partial charge in [-0.1, -0.05) is 89.9 Å². The number of sulfonamides is 1. The third-order valence-corrected chi connectivity index (χ3v) is 12.2. The lowest BCUT2D eigenvalue weighted by atomic mass is 9.78. The van der Waals surface area contributed by atoms with Crippen LogP contribution in [0.3, 0.4) is 0 Å². The van der Waals surface area contributed by atoms with E-state index in [1.54, 1.807) is 0 Å². The largest absolute Gasteiger partial charge is 0.478 e. The van der Waals surface area contributed by atoms with E-state index in [9.17, 15) is 13.2 Å².